The minimum atomic E-state index is 0.651. The lowest BCUT2D eigenvalue weighted by Crippen LogP contribution is -2.34. The van der Waals surface area contributed by atoms with Gasteiger partial charge in [-0.25, -0.2) is 0 Å². The van der Waals surface area contributed by atoms with Gasteiger partial charge in [-0.2, -0.15) is 0 Å². The van der Waals surface area contributed by atoms with Crippen LogP contribution in [0, 0.1) is 52.3 Å². The molecule has 20 heavy (non-hydrogen) atoms. The van der Waals surface area contributed by atoms with Crippen LogP contribution in [0.1, 0.15) is 73.1 Å². The Morgan fingerprint density at radius 2 is 1.55 bits per heavy atom. The average Bonchev–Trinajstić information content (AvgIpc) is 2.74. The van der Waals surface area contributed by atoms with E-state index in [0.29, 0.717) is 10.8 Å². The van der Waals surface area contributed by atoms with E-state index < -0.39 is 0 Å². The van der Waals surface area contributed by atoms with Crippen LogP contribution in [0.4, 0.5) is 0 Å². The summed E-state index contributed by atoms with van der Waals surface area (Å²) in [6.45, 7) is 12.8. The van der Waals surface area contributed by atoms with E-state index in [1.807, 2.05) is 0 Å². The van der Waals surface area contributed by atoms with Crippen LogP contribution in [-0.4, -0.2) is 0 Å². The molecule has 4 aliphatic rings. The van der Waals surface area contributed by atoms with Crippen molar-refractivity contribution in [1.29, 1.82) is 0 Å². The molecule has 0 saturated heterocycles. The third-order valence-corrected chi connectivity index (χ3v) is 8.88. The zero-order valence-corrected chi connectivity index (χ0v) is 14.3. The first-order valence-electron chi connectivity index (χ1n) is 9.31. The van der Waals surface area contributed by atoms with E-state index in [9.17, 15) is 0 Å². The van der Waals surface area contributed by atoms with Gasteiger partial charge in [-0.1, -0.05) is 34.6 Å². The summed E-state index contributed by atoms with van der Waals surface area (Å²) in [5.74, 6) is 7.38. The maximum atomic E-state index is 2.60. The van der Waals surface area contributed by atoms with E-state index in [-0.39, 0.29) is 0 Å². The molecule has 0 aromatic heterocycles. The van der Waals surface area contributed by atoms with Crippen molar-refractivity contribution in [3.63, 3.8) is 0 Å². The van der Waals surface area contributed by atoms with Gasteiger partial charge in [0, 0.05) is 0 Å². The number of rotatable bonds is 2. The summed E-state index contributed by atoms with van der Waals surface area (Å²) in [5.41, 5.74) is 1.34. The van der Waals surface area contributed by atoms with Crippen LogP contribution in [0.3, 0.4) is 0 Å². The van der Waals surface area contributed by atoms with Gasteiger partial charge in [0.05, 0.1) is 0 Å². The Hall–Kier alpha value is 0. The molecule has 0 aromatic rings. The summed E-state index contributed by atoms with van der Waals surface area (Å²) in [4.78, 5) is 0. The van der Waals surface area contributed by atoms with Crippen molar-refractivity contribution in [2.45, 2.75) is 73.1 Å². The Morgan fingerprint density at radius 1 is 0.850 bits per heavy atom. The summed E-state index contributed by atoms with van der Waals surface area (Å²) in [5, 5.41) is 0. The smallest absolute Gasteiger partial charge is 0.0292 e. The molecule has 0 radical (unpaired) electrons. The molecule has 4 fully saturated rings. The normalized spacial score (nSPS) is 54.8. The van der Waals surface area contributed by atoms with Gasteiger partial charge in [0.2, 0.25) is 0 Å². The topological polar surface area (TPSA) is 0 Å². The van der Waals surface area contributed by atoms with Gasteiger partial charge in [-0.05, 0) is 90.8 Å². The number of fused-ring (bicyclic) bond motifs is 3. The van der Waals surface area contributed by atoms with Crippen molar-refractivity contribution in [2.24, 2.45) is 52.3 Å². The van der Waals surface area contributed by atoms with E-state index in [1.165, 1.54) is 12.8 Å². The Morgan fingerprint density at radius 3 is 2.20 bits per heavy atom. The van der Waals surface area contributed by atoms with Crippen molar-refractivity contribution in [1.82, 2.24) is 0 Å². The average molecular weight is 274 g/mol. The van der Waals surface area contributed by atoms with Gasteiger partial charge in [0.1, 0.15) is 0 Å². The molecule has 114 valence electrons. The highest BCUT2D eigenvalue weighted by atomic mass is 14.7. The first-order chi connectivity index (χ1) is 9.31. The zero-order chi connectivity index (χ0) is 14.3. The van der Waals surface area contributed by atoms with Crippen molar-refractivity contribution >= 4 is 0 Å². The highest BCUT2D eigenvalue weighted by molar-refractivity contribution is 5.10. The second-order valence-corrected chi connectivity index (χ2v) is 10.2. The van der Waals surface area contributed by atoms with E-state index in [2.05, 4.69) is 34.6 Å². The fourth-order valence-electron chi connectivity index (χ4n) is 7.06. The Labute approximate surface area is 126 Å². The Balaban J connectivity index is 1.47. The summed E-state index contributed by atoms with van der Waals surface area (Å²) in [7, 11) is 0. The van der Waals surface area contributed by atoms with Crippen molar-refractivity contribution in [3.05, 3.63) is 0 Å². The summed E-state index contributed by atoms with van der Waals surface area (Å²) < 4.78 is 0. The largest absolute Gasteiger partial charge is 0.0622 e. The Bertz CT molecular complexity index is 404. The fourth-order valence-corrected chi connectivity index (χ4v) is 7.06. The van der Waals surface area contributed by atoms with Crippen LogP contribution in [0.25, 0.3) is 0 Å². The molecule has 4 saturated carbocycles. The molecular weight excluding hydrogens is 240 g/mol. The van der Waals surface area contributed by atoms with Gasteiger partial charge in [0.15, 0.2) is 0 Å². The predicted octanol–water partition coefficient (Wildman–Crippen LogP) is 5.77. The Kier molecular flexibility index (Phi) is 2.76. The molecule has 0 aromatic carbocycles. The van der Waals surface area contributed by atoms with Crippen LogP contribution in [0.15, 0.2) is 0 Å². The second kappa shape index (κ2) is 4.05. The SMILES string of the molecule is CC1CC2C(CC1CC1C3CCC(C3)C1(C)C)C2(C)C. The van der Waals surface area contributed by atoms with Crippen LogP contribution in [0.2, 0.25) is 0 Å². The van der Waals surface area contributed by atoms with E-state index in [1.54, 1.807) is 25.7 Å². The highest BCUT2D eigenvalue weighted by Gasteiger charge is 2.61. The van der Waals surface area contributed by atoms with Gasteiger partial charge in [-0.3, -0.25) is 0 Å². The standard InChI is InChI=1S/C20H34/c1-12-8-17-18(20(17,4)5)11-14(12)10-16-13-6-7-15(9-13)19(16,2)3/h12-18H,6-11H2,1-5H3. The van der Waals surface area contributed by atoms with Crippen LogP contribution >= 0.6 is 0 Å². The third-order valence-electron chi connectivity index (χ3n) is 8.88. The molecule has 0 N–H and O–H groups in total. The van der Waals surface area contributed by atoms with E-state index >= 15 is 0 Å². The monoisotopic (exact) mass is 274 g/mol. The molecule has 7 atom stereocenters. The first kappa shape index (κ1) is 13.6. The molecule has 0 aliphatic heterocycles. The predicted molar refractivity (Wildman–Crippen MR) is 85.4 cm³/mol. The second-order valence-electron chi connectivity index (χ2n) is 10.2. The molecule has 0 amide bonds. The van der Waals surface area contributed by atoms with Gasteiger partial charge in [-0.15, -0.1) is 0 Å². The van der Waals surface area contributed by atoms with Gasteiger partial charge in [0.25, 0.3) is 0 Å². The molecule has 0 heteroatoms. The van der Waals surface area contributed by atoms with E-state index in [4.69, 9.17) is 0 Å². The zero-order valence-electron chi connectivity index (χ0n) is 14.3. The molecule has 7 unspecified atom stereocenters. The maximum absolute atomic E-state index is 2.60. The van der Waals surface area contributed by atoms with Crippen LogP contribution < -0.4 is 0 Å². The molecule has 0 spiro atoms. The summed E-state index contributed by atoms with van der Waals surface area (Å²) in [6.07, 6.45) is 9.31. The molecule has 0 nitrogen and oxygen atoms in total. The quantitative estimate of drug-likeness (QED) is 0.600. The minimum Gasteiger partial charge on any atom is -0.0622 e. The van der Waals surface area contributed by atoms with Crippen LogP contribution in [-0.2, 0) is 0 Å². The van der Waals surface area contributed by atoms with Crippen molar-refractivity contribution in [2.75, 3.05) is 0 Å². The van der Waals surface area contributed by atoms with E-state index in [0.717, 1.165) is 41.4 Å². The number of hydrogen-bond acceptors (Lipinski definition) is 0. The third kappa shape index (κ3) is 1.72. The first-order valence-corrected chi connectivity index (χ1v) is 9.31. The number of hydrogen-bond donors (Lipinski definition) is 0. The lowest BCUT2D eigenvalue weighted by atomic mass is 9.63. The van der Waals surface area contributed by atoms with Gasteiger partial charge < -0.3 is 0 Å². The summed E-state index contributed by atoms with van der Waals surface area (Å²) >= 11 is 0. The minimum absolute atomic E-state index is 0.651. The molecule has 2 bridgehead atoms. The molecular formula is C20H34. The molecule has 4 aliphatic carbocycles. The summed E-state index contributed by atoms with van der Waals surface area (Å²) in [6, 6.07) is 0. The van der Waals surface area contributed by atoms with Crippen molar-refractivity contribution < 1.29 is 0 Å². The highest BCUT2D eigenvalue weighted by Crippen LogP contribution is 2.69. The van der Waals surface area contributed by atoms with Crippen molar-refractivity contribution in [3.8, 4) is 0 Å². The van der Waals surface area contributed by atoms with Gasteiger partial charge >= 0.3 is 0 Å². The van der Waals surface area contributed by atoms with Crippen LogP contribution in [0.5, 0.6) is 0 Å². The maximum Gasteiger partial charge on any atom is -0.0292 e. The fraction of sp³-hybridized carbons (Fsp3) is 1.00. The lowest BCUT2D eigenvalue weighted by molar-refractivity contribution is 0.0754. The lowest BCUT2D eigenvalue weighted by Gasteiger charge is -2.42. The molecule has 4 rings (SSSR count). The molecule has 0 heterocycles.